The number of nitrogens with one attached hydrogen (secondary N) is 1. The first-order valence-electron chi connectivity index (χ1n) is 10.2. The summed E-state index contributed by atoms with van der Waals surface area (Å²) in [5.74, 6) is 0.931. The second kappa shape index (κ2) is 7.61. The molecule has 0 atom stereocenters. The topological polar surface area (TPSA) is 28.3 Å². The molecule has 3 heterocycles. The third-order valence-corrected chi connectivity index (χ3v) is 7.17. The van der Waals surface area contributed by atoms with Gasteiger partial charge in [0.05, 0.1) is 7.11 Å². The molecule has 2 aromatic heterocycles. The van der Waals surface area contributed by atoms with Crippen LogP contribution >= 0.6 is 11.3 Å². The lowest BCUT2D eigenvalue weighted by Crippen LogP contribution is -2.30. The van der Waals surface area contributed by atoms with Gasteiger partial charge in [-0.25, -0.2) is 0 Å². The van der Waals surface area contributed by atoms with Crippen molar-refractivity contribution in [1.82, 2.24) is 9.88 Å². The van der Waals surface area contributed by atoms with Crippen molar-refractivity contribution in [3.63, 3.8) is 0 Å². The summed E-state index contributed by atoms with van der Waals surface area (Å²) < 4.78 is 6.83. The van der Waals surface area contributed by atoms with E-state index in [-0.39, 0.29) is 0 Å². The second-order valence-corrected chi connectivity index (χ2v) is 8.85. The molecule has 5 rings (SSSR count). The quantitative estimate of drug-likeness (QED) is 0.423. The molecule has 3 nitrogen and oxygen atoms in total. The number of aromatic amines is 1. The van der Waals surface area contributed by atoms with Gasteiger partial charge in [-0.3, -0.25) is 4.90 Å². The predicted octanol–water partition coefficient (Wildman–Crippen LogP) is 5.77. The van der Waals surface area contributed by atoms with Gasteiger partial charge >= 0.3 is 0 Å². The van der Waals surface area contributed by atoms with E-state index in [1.807, 2.05) is 17.4 Å². The van der Waals surface area contributed by atoms with Crippen LogP contribution in [-0.2, 0) is 19.4 Å². The first-order valence-corrected chi connectivity index (χ1v) is 11.0. The molecule has 4 heteroatoms. The van der Waals surface area contributed by atoms with Gasteiger partial charge in [0, 0.05) is 39.8 Å². The number of benzene rings is 2. The molecule has 28 heavy (non-hydrogen) atoms. The largest absolute Gasteiger partial charge is 0.497 e. The van der Waals surface area contributed by atoms with Crippen LogP contribution in [0, 0.1) is 0 Å². The van der Waals surface area contributed by atoms with Gasteiger partial charge in [-0.05, 0) is 73.0 Å². The molecule has 0 unspecified atom stereocenters. The third kappa shape index (κ3) is 3.31. The van der Waals surface area contributed by atoms with Gasteiger partial charge in [-0.15, -0.1) is 11.3 Å². The first-order chi connectivity index (χ1) is 13.8. The molecule has 0 radical (unpaired) electrons. The van der Waals surface area contributed by atoms with Gasteiger partial charge in [0.25, 0.3) is 0 Å². The highest BCUT2D eigenvalue weighted by Crippen LogP contribution is 2.35. The number of methoxy groups -OCH3 is 1. The zero-order chi connectivity index (χ0) is 18.9. The Bertz CT molecular complexity index is 1110. The minimum atomic E-state index is 0.931. The van der Waals surface area contributed by atoms with E-state index in [2.05, 4.69) is 52.5 Å². The number of thiophene rings is 1. The maximum Gasteiger partial charge on any atom is 0.119 e. The standard InChI is InChI=1S/C24H26N2OS/c1-27-18-9-10-22-21(14-18)17(15-25-22)6-4-5-12-26-13-11-20-19-7-2-3-8-23(19)28-24(20)16-26/h2-3,7-10,14-15,25H,4-6,11-13,16H2,1H3. The Balaban J connectivity index is 1.18. The number of aromatic nitrogens is 1. The summed E-state index contributed by atoms with van der Waals surface area (Å²) in [6.07, 6.45) is 6.95. The molecule has 0 amide bonds. The average molecular weight is 391 g/mol. The Labute approximate surface area is 169 Å². The van der Waals surface area contributed by atoms with E-state index in [4.69, 9.17) is 4.74 Å². The van der Waals surface area contributed by atoms with Gasteiger partial charge in [-0.1, -0.05) is 18.2 Å². The number of hydrogen-bond acceptors (Lipinski definition) is 3. The van der Waals surface area contributed by atoms with Gasteiger partial charge in [0.15, 0.2) is 0 Å². The van der Waals surface area contributed by atoms with E-state index in [9.17, 15) is 0 Å². The molecule has 0 fully saturated rings. The summed E-state index contributed by atoms with van der Waals surface area (Å²) in [5.41, 5.74) is 4.20. The maximum absolute atomic E-state index is 5.38. The van der Waals surface area contributed by atoms with Gasteiger partial charge in [-0.2, -0.15) is 0 Å². The summed E-state index contributed by atoms with van der Waals surface area (Å²) in [5, 5.41) is 2.78. The van der Waals surface area contributed by atoms with E-state index >= 15 is 0 Å². The zero-order valence-electron chi connectivity index (χ0n) is 16.3. The van der Waals surface area contributed by atoms with Crippen LogP contribution in [0.25, 0.3) is 21.0 Å². The van der Waals surface area contributed by atoms with Crippen LogP contribution in [0.4, 0.5) is 0 Å². The highest BCUT2D eigenvalue weighted by molar-refractivity contribution is 7.19. The fourth-order valence-electron chi connectivity index (χ4n) is 4.44. The number of aryl methyl sites for hydroxylation is 1. The molecule has 1 aliphatic heterocycles. The highest BCUT2D eigenvalue weighted by atomic mass is 32.1. The van der Waals surface area contributed by atoms with Crippen molar-refractivity contribution in [2.24, 2.45) is 0 Å². The van der Waals surface area contributed by atoms with Crippen molar-refractivity contribution in [3.8, 4) is 5.75 Å². The molecule has 0 bridgehead atoms. The second-order valence-electron chi connectivity index (χ2n) is 7.71. The van der Waals surface area contributed by atoms with Crippen LogP contribution in [0.5, 0.6) is 5.75 Å². The number of nitrogens with zero attached hydrogens (tertiary/aromatic N) is 1. The molecule has 1 N–H and O–H groups in total. The van der Waals surface area contributed by atoms with E-state index in [1.54, 1.807) is 17.6 Å². The Morgan fingerprint density at radius 2 is 2.04 bits per heavy atom. The van der Waals surface area contributed by atoms with E-state index in [0.717, 1.165) is 18.7 Å². The molecular weight excluding hydrogens is 364 g/mol. The van der Waals surface area contributed by atoms with Crippen molar-refractivity contribution in [2.75, 3.05) is 20.2 Å². The molecule has 1 aliphatic rings. The number of hydrogen-bond donors (Lipinski definition) is 1. The Morgan fingerprint density at radius 1 is 1.11 bits per heavy atom. The summed E-state index contributed by atoms with van der Waals surface area (Å²) in [6, 6.07) is 15.1. The lowest BCUT2D eigenvalue weighted by atomic mass is 10.0. The third-order valence-electron chi connectivity index (χ3n) is 5.97. The van der Waals surface area contributed by atoms with Crippen LogP contribution in [0.3, 0.4) is 0 Å². The molecule has 0 saturated carbocycles. The summed E-state index contributed by atoms with van der Waals surface area (Å²) in [7, 11) is 1.73. The molecule has 144 valence electrons. The minimum Gasteiger partial charge on any atom is -0.497 e. The fourth-order valence-corrected chi connectivity index (χ4v) is 5.73. The van der Waals surface area contributed by atoms with Gasteiger partial charge in [0.1, 0.15) is 5.75 Å². The van der Waals surface area contributed by atoms with Gasteiger partial charge < -0.3 is 9.72 Å². The minimum absolute atomic E-state index is 0.931. The Kier molecular flexibility index (Phi) is 4.83. The predicted molar refractivity (Wildman–Crippen MR) is 119 cm³/mol. The summed E-state index contributed by atoms with van der Waals surface area (Å²) in [6.45, 7) is 3.51. The normalized spacial score (nSPS) is 14.6. The summed E-state index contributed by atoms with van der Waals surface area (Å²) in [4.78, 5) is 7.60. The van der Waals surface area contributed by atoms with E-state index < -0.39 is 0 Å². The lowest BCUT2D eigenvalue weighted by Gasteiger charge is -2.26. The summed E-state index contributed by atoms with van der Waals surface area (Å²) >= 11 is 1.99. The number of H-pyrrole nitrogens is 1. The molecule has 0 spiro atoms. The number of fused-ring (bicyclic) bond motifs is 4. The molecule has 0 aliphatic carbocycles. The smallest absolute Gasteiger partial charge is 0.119 e. The van der Waals surface area contributed by atoms with Crippen molar-refractivity contribution in [1.29, 1.82) is 0 Å². The molecular formula is C24H26N2OS. The number of rotatable bonds is 6. The molecule has 2 aromatic carbocycles. The van der Waals surface area contributed by atoms with Crippen LogP contribution < -0.4 is 4.74 Å². The van der Waals surface area contributed by atoms with Crippen molar-refractivity contribution < 1.29 is 4.74 Å². The van der Waals surface area contributed by atoms with Gasteiger partial charge in [0.2, 0.25) is 0 Å². The fraction of sp³-hybridized carbons (Fsp3) is 0.333. The van der Waals surface area contributed by atoms with Crippen LogP contribution in [-0.4, -0.2) is 30.1 Å². The van der Waals surface area contributed by atoms with Crippen LogP contribution in [0.2, 0.25) is 0 Å². The first kappa shape index (κ1) is 17.8. The Hall–Kier alpha value is -2.30. The van der Waals surface area contributed by atoms with E-state index in [0.29, 0.717) is 0 Å². The van der Waals surface area contributed by atoms with Crippen molar-refractivity contribution in [2.45, 2.75) is 32.2 Å². The maximum atomic E-state index is 5.38. The molecule has 4 aromatic rings. The monoisotopic (exact) mass is 390 g/mol. The SMILES string of the molecule is COc1ccc2[nH]cc(CCCCN3CCc4c(sc5ccccc45)C3)c2c1. The Morgan fingerprint density at radius 3 is 2.96 bits per heavy atom. The van der Waals surface area contributed by atoms with Crippen molar-refractivity contribution in [3.05, 3.63) is 64.7 Å². The number of ether oxygens (including phenoxy) is 1. The van der Waals surface area contributed by atoms with Crippen LogP contribution in [0.1, 0.15) is 28.8 Å². The van der Waals surface area contributed by atoms with E-state index in [1.165, 1.54) is 58.9 Å². The van der Waals surface area contributed by atoms with Crippen molar-refractivity contribution >= 4 is 32.3 Å². The van der Waals surface area contributed by atoms with Crippen LogP contribution in [0.15, 0.2) is 48.7 Å². The highest BCUT2D eigenvalue weighted by Gasteiger charge is 2.20. The number of unbranched alkanes of at least 4 members (excludes halogenated alkanes) is 1. The molecule has 0 saturated heterocycles. The zero-order valence-corrected chi connectivity index (χ0v) is 17.1. The average Bonchev–Trinajstić information content (AvgIpc) is 3.31. The lowest BCUT2D eigenvalue weighted by molar-refractivity contribution is 0.253.